The summed E-state index contributed by atoms with van der Waals surface area (Å²) < 4.78 is 16.2. The number of hydrogen-bond donors (Lipinski definition) is 1. The Bertz CT molecular complexity index is 565. The summed E-state index contributed by atoms with van der Waals surface area (Å²) in [7, 11) is 0. The normalized spacial score (nSPS) is 11.7. The fourth-order valence-corrected chi connectivity index (χ4v) is 1.88. The lowest BCUT2D eigenvalue weighted by Crippen LogP contribution is -2.31. The molecule has 0 saturated carbocycles. The van der Waals surface area contributed by atoms with E-state index in [1.807, 2.05) is 38.1 Å². The Kier molecular flexibility index (Phi) is 5.26. The number of hydrogen-bond acceptors (Lipinski definition) is 4. The highest BCUT2D eigenvalue weighted by atomic mass is 16.5. The third-order valence-corrected chi connectivity index (χ3v) is 2.86. The molecule has 0 fully saturated rings. The fourth-order valence-electron chi connectivity index (χ4n) is 1.88. The van der Waals surface area contributed by atoms with Gasteiger partial charge in [0.2, 0.25) is 0 Å². The summed E-state index contributed by atoms with van der Waals surface area (Å²) in [5.74, 6) is 1.68. The van der Waals surface area contributed by atoms with Crippen molar-refractivity contribution in [3.8, 4) is 11.5 Å². The molecule has 2 aromatic rings. The minimum atomic E-state index is -0.217. The maximum absolute atomic E-state index is 11.9. The van der Waals surface area contributed by atoms with Gasteiger partial charge in [0.25, 0.3) is 5.91 Å². The number of amides is 1. The molecule has 0 spiro atoms. The van der Waals surface area contributed by atoms with Crippen LogP contribution in [0, 0.1) is 0 Å². The minimum Gasteiger partial charge on any atom is -0.490 e. The molecule has 0 aliphatic rings. The zero-order chi connectivity index (χ0) is 15.1. The molecule has 5 nitrogen and oxygen atoms in total. The molecular weight excluding hydrogens is 270 g/mol. The number of nitrogens with one attached hydrogen (secondary N) is 1. The van der Waals surface area contributed by atoms with Gasteiger partial charge >= 0.3 is 0 Å². The number of benzene rings is 1. The number of rotatable bonds is 7. The molecule has 112 valence electrons. The SMILES string of the molecule is CCOc1ccccc1OCC(=O)N[C@@H](C)c1ccco1. The topological polar surface area (TPSA) is 60.7 Å². The van der Waals surface area contributed by atoms with Crippen molar-refractivity contribution in [2.75, 3.05) is 13.2 Å². The third-order valence-electron chi connectivity index (χ3n) is 2.86. The maximum Gasteiger partial charge on any atom is 0.258 e. The van der Waals surface area contributed by atoms with E-state index in [1.165, 1.54) is 0 Å². The zero-order valence-corrected chi connectivity index (χ0v) is 12.2. The average molecular weight is 289 g/mol. The van der Waals surface area contributed by atoms with Crippen molar-refractivity contribution in [3.63, 3.8) is 0 Å². The Morgan fingerprint density at radius 1 is 1.19 bits per heavy atom. The smallest absolute Gasteiger partial charge is 0.258 e. The van der Waals surface area contributed by atoms with Crippen LogP contribution in [0.2, 0.25) is 0 Å². The molecule has 21 heavy (non-hydrogen) atoms. The summed E-state index contributed by atoms with van der Waals surface area (Å²) in [6.07, 6.45) is 1.58. The Morgan fingerprint density at radius 3 is 2.52 bits per heavy atom. The van der Waals surface area contributed by atoms with Crippen LogP contribution in [0.3, 0.4) is 0 Å². The number of para-hydroxylation sites is 2. The van der Waals surface area contributed by atoms with Crippen molar-refractivity contribution < 1.29 is 18.7 Å². The van der Waals surface area contributed by atoms with Crippen LogP contribution >= 0.6 is 0 Å². The van der Waals surface area contributed by atoms with Gasteiger partial charge in [-0.2, -0.15) is 0 Å². The van der Waals surface area contributed by atoms with Crippen LogP contribution in [0.25, 0.3) is 0 Å². The van der Waals surface area contributed by atoms with E-state index < -0.39 is 0 Å². The Hall–Kier alpha value is -2.43. The van der Waals surface area contributed by atoms with Crippen molar-refractivity contribution in [3.05, 3.63) is 48.4 Å². The van der Waals surface area contributed by atoms with Gasteiger partial charge in [0.1, 0.15) is 5.76 Å². The van der Waals surface area contributed by atoms with Gasteiger partial charge < -0.3 is 19.2 Å². The first kappa shape index (κ1) is 15.0. The highest BCUT2D eigenvalue weighted by molar-refractivity contribution is 5.78. The average Bonchev–Trinajstić information content (AvgIpc) is 3.01. The number of carbonyl (C=O) groups is 1. The quantitative estimate of drug-likeness (QED) is 0.851. The van der Waals surface area contributed by atoms with E-state index in [1.54, 1.807) is 18.4 Å². The third kappa shape index (κ3) is 4.27. The van der Waals surface area contributed by atoms with E-state index >= 15 is 0 Å². The van der Waals surface area contributed by atoms with Gasteiger partial charge in [0.05, 0.1) is 18.9 Å². The largest absolute Gasteiger partial charge is 0.490 e. The van der Waals surface area contributed by atoms with Crippen LogP contribution in [-0.2, 0) is 4.79 Å². The molecule has 0 aliphatic carbocycles. The molecular formula is C16H19NO4. The number of ether oxygens (including phenoxy) is 2. The summed E-state index contributed by atoms with van der Waals surface area (Å²) in [6, 6.07) is 10.7. The van der Waals surface area contributed by atoms with Crippen LogP contribution in [-0.4, -0.2) is 19.1 Å². The van der Waals surface area contributed by atoms with E-state index in [9.17, 15) is 4.79 Å². The van der Waals surface area contributed by atoms with E-state index in [4.69, 9.17) is 13.9 Å². The first-order valence-electron chi connectivity index (χ1n) is 6.88. The Labute approximate surface area is 123 Å². The van der Waals surface area contributed by atoms with E-state index in [-0.39, 0.29) is 18.6 Å². The summed E-state index contributed by atoms with van der Waals surface area (Å²) in [5, 5.41) is 2.81. The van der Waals surface area contributed by atoms with E-state index in [0.717, 1.165) is 0 Å². The van der Waals surface area contributed by atoms with Crippen molar-refractivity contribution >= 4 is 5.91 Å². The lowest BCUT2D eigenvalue weighted by atomic mass is 10.2. The van der Waals surface area contributed by atoms with Crippen molar-refractivity contribution in [2.45, 2.75) is 19.9 Å². The van der Waals surface area contributed by atoms with Crippen molar-refractivity contribution in [2.24, 2.45) is 0 Å². The summed E-state index contributed by atoms with van der Waals surface area (Å²) in [6.45, 7) is 4.22. The van der Waals surface area contributed by atoms with Gasteiger partial charge in [-0.05, 0) is 38.1 Å². The lowest BCUT2D eigenvalue weighted by Gasteiger charge is -2.14. The Balaban J connectivity index is 1.86. The second kappa shape index (κ2) is 7.38. The standard InChI is InChI=1S/C16H19NO4/c1-3-19-14-7-4-5-8-15(14)21-11-16(18)17-12(2)13-9-6-10-20-13/h4-10,12H,3,11H2,1-2H3,(H,17,18)/t12-/m0/s1. The fraction of sp³-hybridized carbons (Fsp3) is 0.312. The molecule has 0 saturated heterocycles. The number of furan rings is 1. The van der Waals surface area contributed by atoms with E-state index in [2.05, 4.69) is 5.32 Å². The maximum atomic E-state index is 11.9. The molecule has 0 radical (unpaired) electrons. The van der Waals surface area contributed by atoms with Crippen LogP contribution < -0.4 is 14.8 Å². The lowest BCUT2D eigenvalue weighted by molar-refractivity contribution is -0.123. The molecule has 0 aliphatic heterocycles. The molecule has 1 amide bonds. The molecule has 0 unspecified atom stereocenters. The molecule has 0 bridgehead atoms. The summed E-state index contributed by atoms with van der Waals surface area (Å²) >= 11 is 0. The van der Waals surface area contributed by atoms with E-state index in [0.29, 0.717) is 23.9 Å². The van der Waals surface area contributed by atoms with Crippen LogP contribution in [0.4, 0.5) is 0 Å². The molecule has 1 atom stereocenters. The molecule has 1 aromatic heterocycles. The van der Waals surface area contributed by atoms with Gasteiger partial charge in [0.15, 0.2) is 18.1 Å². The van der Waals surface area contributed by atoms with Gasteiger partial charge in [-0.1, -0.05) is 12.1 Å². The summed E-state index contributed by atoms with van der Waals surface area (Å²) in [5.41, 5.74) is 0. The van der Waals surface area contributed by atoms with Gasteiger partial charge in [-0.3, -0.25) is 4.79 Å². The van der Waals surface area contributed by atoms with Crippen LogP contribution in [0.1, 0.15) is 25.6 Å². The van der Waals surface area contributed by atoms with Gasteiger partial charge in [-0.25, -0.2) is 0 Å². The predicted octanol–water partition coefficient (Wildman–Crippen LogP) is 2.93. The first-order valence-corrected chi connectivity index (χ1v) is 6.88. The predicted molar refractivity (Wildman–Crippen MR) is 78.4 cm³/mol. The second-order valence-corrected chi connectivity index (χ2v) is 4.47. The molecule has 1 aromatic carbocycles. The first-order chi connectivity index (χ1) is 10.2. The second-order valence-electron chi connectivity index (χ2n) is 4.47. The van der Waals surface area contributed by atoms with Crippen molar-refractivity contribution in [1.29, 1.82) is 0 Å². The minimum absolute atomic E-state index is 0.0743. The monoisotopic (exact) mass is 289 g/mol. The molecule has 1 N–H and O–H groups in total. The Morgan fingerprint density at radius 2 is 1.90 bits per heavy atom. The highest BCUT2D eigenvalue weighted by Gasteiger charge is 2.13. The van der Waals surface area contributed by atoms with Crippen LogP contribution in [0.15, 0.2) is 47.1 Å². The zero-order valence-electron chi connectivity index (χ0n) is 12.2. The molecule has 2 rings (SSSR count). The van der Waals surface area contributed by atoms with Gasteiger partial charge in [-0.15, -0.1) is 0 Å². The van der Waals surface area contributed by atoms with Crippen molar-refractivity contribution in [1.82, 2.24) is 5.32 Å². The van der Waals surface area contributed by atoms with Crippen LogP contribution in [0.5, 0.6) is 11.5 Å². The number of carbonyl (C=O) groups excluding carboxylic acids is 1. The highest BCUT2D eigenvalue weighted by Crippen LogP contribution is 2.26. The molecule has 5 heteroatoms. The molecule has 1 heterocycles. The van der Waals surface area contributed by atoms with Gasteiger partial charge in [0, 0.05) is 0 Å². The summed E-state index contributed by atoms with van der Waals surface area (Å²) in [4.78, 5) is 11.9.